The molecule has 60 heavy (non-hydrogen) atoms. The average molecular weight is 842 g/mol. The fourth-order valence-corrected chi connectivity index (χ4v) is 7.30. The summed E-state index contributed by atoms with van der Waals surface area (Å²) in [4.78, 5) is 51.6. The van der Waals surface area contributed by atoms with Crippen LogP contribution in [-0.4, -0.2) is 93.2 Å². The molecule has 3 amide bonds. The van der Waals surface area contributed by atoms with Crippen molar-refractivity contribution < 1.29 is 52.3 Å². The number of carbonyl (C=O) groups excluding carboxylic acids is 3. The molecule has 0 aliphatic carbocycles. The van der Waals surface area contributed by atoms with Gasteiger partial charge in [0.05, 0.1) is 62.2 Å². The van der Waals surface area contributed by atoms with E-state index in [2.05, 4.69) is 5.32 Å². The molecule has 314 valence electrons. The molecule has 2 atom stereocenters. The third-order valence-electron chi connectivity index (χ3n) is 9.85. The van der Waals surface area contributed by atoms with Gasteiger partial charge in [-0.1, -0.05) is 35.9 Å². The second-order valence-electron chi connectivity index (χ2n) is 13.8. The highest BCUT2D eigenvalue weighted by Gasteiger charge is 2.45. The second kappa shape index (κ2) is 19.4. The van der Waals surface area contributed by atoms with Gasteiger partial charge >= 0.3 is 0 Å². The first-order valence-corrected chi connectivity index (χ1v) is 19.9. The molecule has 15 nitrogen and oxygen atoms in total. The number of piperidine rings is 1. The second-order valence-corrected chi connectivity index (χ2v) is 14.2. The third kappa shape index (κ3) is 9.56. The van der Waals surface area contributed by atoms with Crippen molar-refractivity contribution >= 4 is 46.0 Å². The van der Waals surface area contributed by atoms with E-state index in [1.807, 2.05) is 25.1 Å². The van der Waals surface area contributed by atoms with E-state index in [1.54, 1.807) is 54.6 Å². The fourth-order valence-electron chi connectivity index (χ4n) is 7.04. The lowest BCUT2D eigenvalue weighted by atomic mass is 10.0. The SMILES string of the molecule is CCOc1cc2oc(-c3ccc(OCCOCCOCCOCCOc4cccc5c4C(=O)N(C4CCC(=O)NC4=O)C5O)cc3Cl)cc(=O)c2cc1-c1cccc(N)c1. The lowest BCUT2D eigenvalue weighted by molar-refractivity contribution is -0.139. The van der Waals surface area contributed by atoms with Crippen molar-refractivity contribution in [3.05, 3.63) is 105 Å². The number of benzene rings is 4. The van der Waals surface area contributed by atoms with Crippen molar-refractivity contribution in [2.24, 2.45) is 0 Å². The van der Waals surface area contributed by atoms with Gasteiger partial charge in [0, 0.05) is 40.9 Å². The summed E-state index contributed by atoms with van der Waals surface area (Å²) in [5.41, 5.74) is 9.35. The first-order chi connectivity index (χ1) is 29.1. The predicted octanol–water partition coefficient (Wildman–Crippen LogP) is 5.52. The van der Waals surface area contributed by atoms with Gasteiger partial charge in [-0.2, -0.15) is 0 Å². The number of nitrogens with zero attached hydrogens (tertiary/aromatic N) is 1. The highest BCUT2D eigenvalue weighted by molar-refractivity contribution is 6.33. The lowest BCUT2D eigenvalue weighted by Crippen LogP contribution is -2.53. The van der Waals surface area contributed by atoms with Gasteiger partial charge in [0.25, 0.3) is 5.91 Å². The maximum atomic E-state index is 13.3. The Labute approximate surface area is 349 Å². The minimum Gasteiger partial charge on any atom is -0.493 e. The maximum absolute atomic E-state index is 13.3. The van der Waals surface area contributed by atoms with Gasteiger partial charge in [-0.15, -0.1) is 0 Å². The highest BCUT2D eigenvalue weighted by Crippen LogP contribution is 2.40. The van der Waals surface area contributed by atoms with Gasteiger partial charge in [0.2, 0.25) is 11.8 Å². The van der Waals surface area contributed by atoms with Gasteiger partial charge in [-0.3, -0.25) is 29.4 Å². The van der Waals surface area contributed by atoms with Crippen molar-refractivity contribution in [1.29, 1.82) is 0 Å². The molecule has 2 aliphatic heterocycles. The first kappa shape index (κ1) is 42.2. The number of rotatable bonds is 19. The Morgan fingerprint density at radius 3 is 2.22 bits per heavy atom. The summed E-state index contributed by atoms with van der Waals surface area (Å²) >= 11 is 6.63. The standard InChI is InChI=1S/C44H44ClN3O12/c1-2-57-37-25-39-32(23-31(37)26-5-3-6-27(46)21-26)35(49)24-38(60-39)29-10-9-28(22-33(29)45)58-19-17-55-15-13-54-14-16-56-18-20-59-36-8-4-7-30-41(36)44(53)48(43(30)52)34-11-12-40(50)47-42(34)51/h3-10,21-25,34,43,52H,2,11-20,46H2,1H3,(H,47,50,51). The van der Waals surface area contributed by atoms with Crippen molar-refractivity contribution in [3.63, 3.8) is 0 Å². The largest absolute Gasteiger partial charge is 0.493 e. The average Bonchev–Trinajstić information content (AvgIpc) is 3.48. The number of aliphatic hydroxyl groups is 1. The number of amides is 3. The van der Waals surface area contributed by atoms with Crippen LogP contribution in [0.5, 0.6) is 17.2 Å². The maximum Gasteiger partial charge on any atom is 0.261 e. The lowest BCUT2D eigenvalue weighted by Gasteiger charge is -2.31. The van der Waals surface area contributed by atoms with Crippen molar-refractivity contribution in [3.8, 4) is 39.7 Å². The van der Waals surface area contributed by atoms with Crippen LogP contribution < -0.4 is 30.7 Å². The van der Waals surface area contributed by atoms with Crippen LogP contribution in [0.1, 0.15) is 41.9 Å². The number of ether oxygens (including phenoxy) is 6. The Balaban J connectivity index is 0.795. The zero-order valence-electron chi connectivity index (χ0n) is 32.8. The number of anilines is 1. The molecule has 0 spiro atoms. The molecular formula is C44H44ClN3O12. The van der Waals surface area contributed by atoms with Gasteiger partial charge in [-0.05, 0) is 61.4 Å². The zero-order chi connectivity index (χ0) is 42.2. The fraction of sp³-hybridized carbons (Fsp3) is 0.318. The molecule has 1 aromatic heterocycles. The van der Waals surface area contributed by atoms with E-state index in [-0.39, 0.29) is 49.4 Å². The number of carbonyl (C=O) groups is 3. The van der Waals surface area contributed by atoms with Gasteiger partial charge in [-0.25, -0.2) is 0 Å². The number of nitrogen functional groups attached to an aromatic ring is 1. The first-order valence-electron chi connectivity index (χ1n) is 19.5. The Hall–Kier alpha value is -5.97. The zero-order valence-corrected chi connectivity index (χ0v) is 33.5. The van der Waals surface area contributed by atoms with Gasteiger partial charge in [0.1, 0.15) is 47.8 Å². The summed E-state index contributed by atoms with van der Waals surface area (Å²) in [6.45, 7) is 4.55. The predicted molar refractivity (Wildman–Crippen MR) is 221 cm³/mol. The van der Waals surface area contributed by atoms with E-state index in [0.717, 1.165) is 16.0 Å². The number of aliphatic hydroxyl groups excluding tert-OH is 1. The summed E-state index contributed by atoms with van der Waals surface area (Å²) in [5, 5.41) is 13.8. The number of imide groups is 1. The van der Waals surface area contributed by atoms with E-state index >= 15 is 0 Å². The molecular weight excluding hydrogens is 798 g/mol. The number of hydrogen-bond acceptors (Lipinski definition) is 13. The van der Waals surface area contributed by atoms with Gasteiger partial charge < -0.3 is 43.7 Å². The molecule has 0 saturated carbocycles. The van der Waals surface area contributed by atoms with Crippen LogP contribution in [0.3, 0.4) is 0 Å². The summed E-state index contributed by atoms with van der Waals surface area (Å²) in [5.74, 6) is 0.0959. The van der Waals surface area contributed by atoms with E-state index in [9.17, 15) is 24.3 Å². The van der Waals surface area contributed by atoms with E-state index in [0.29, 0.717) is 89.7 Å². The number of hydrogen-bond donors (Lipinski definition) is 3. The third-order valence-corrected chi connectivity index (χ3v) is 10.2. The smallest absolute Gasteiger partial charge is 0.261 e. The van der Waals surface area contributed by atoms with Crippen LogP contribution in [-0.2, 0) is 23.8 Å². The van der Waals surface area contributed by atoms with E-state index < -0.39 is 30.0 Å². The Bertz CT molecular complexity index is 2440. The van der Waals surface area contributed by atoms with Gasteiger partial charge in [0.15, 0.2) is 11.7 Å². The molecule has 7 rings (SSSR count). The summed E-state index contributed by atoms with van der Waals surface area (Å²) in [6, 6.07) is 21.3. The molecule has 1 fully saturated rings. The molecule has 3 heterocycles. The molecule has 2 aliphatic rings. The molecule has 1 saturated heterocycles. The molecule has 5 aromatic rings. The van der Waals surface area contributed by atoms with E-state index in [1.165, 1.54) is 6.07 Å². The minimum atomic E-state index is -1.33. The quantitative estimate of drug-likeness (QED) is 0.0534. The molecule has 4 N–H and O–H groups in total. The van der Waals surface area contributed by atoms with Crippen molar-refractivity contribution in [2.45, 2.75) is 32.0 Å². The van der Waals surface area contributed by atoms with Crippen LogP contribution in [0, 0.1) is 0 Å². The van der Waals surface area contributed by atoms with Crippen LogP contribution in [0.15, 0.2) is 88.1 Å². The van der Waals surface area contributed by atoms with E-state index in [4.69, 9.17) is 50.2 Å². The molecule has 0 bridgehead atoms. The minimum absolute atomic E-state index is 0.0779. The monoisotopic (exact) mass is 841 g/mol. The molecule has 2 unspecified atom stereocenters. The van der Waals surface area contributed by atoms with Crippen LogP contribution in [0.4, 0.5) is 5.69 Å². The Morgan fingerprint density at radius 2 is 1.52 bits per heavy atom. The summed E-state index contributed by atoms with van der Waals surface area (Å²) in [7, 11) is 0. The van der Waals surface area contributed by atoms with Crippen LogP contribution in [0.25, 0.3) is 33.4 Å². The Kier molecular flexibility index (Phi) is 13.6. The molecule has 16 heteroatoms. The van der Waals surface area contributed by atoms with Crippen molar-refractivity contribution in [2.75, 3.05) is 65.2 Å². The summed E-state index contributed by atoms with van der Waals surface area (Å²) < 4.78 is 40.5. The van der Waals surface area contributed by atoms with Crippen LogP contribution >= 0.6 is 11.6 Å². The number of halogens is 1. The topological polar surface area (TPSA) is 198 Å². The number of nitrogens with one attached hydrogen (secondary N) is 1. The van der Waals surface area contributed by atoms with Crippen LogP contribution in [0.2, 0.25) is 5.02 Å². The molecule has 4 aromatic carbocycles. The number of fused-ring (bicyclic) bond motifs is 2. The van der Waals surface area contributed by atoms with Crippen molar-refractivity contribution in [1.82, 2.24) is 10.2 Å². The Morgan fingerprint density at radius 1 is 0.800 bits per heavy atom. The molecule has 0 radical (unpaired) electrons. The number of nitrogens with two attached hydrogens (primary N) is 1. The normalized spacial score (nSPS) is 16.2. The summed E-state index contributed by atoms with van der Waals surface area (Å²) in [6.07, 6.45) is -1.12. The highest BCUT2D eigenvalue weighted by atomic mass is 35.5.